The summed E-state index contributed by atoms with van der Waals surface area (Å²) in [5.74, 6) is 1.46. The average Bonchev–Trinajstić information content (AvgIpc) is 2.93. The van der Waals surface area contributed by atoms with Crippen molar-refractivity contribution in [2.24, 2.45) is 5.73 Å². The van der Waals surface area contributed by atoms with Gasteiger partial charge in [-0.25, -0.2) is 4.68 Å². The quantitative estimate of drug-likeness (QED) is 0.755. The van der Waals surface area contributed by atoms with E-state index in [0.717, 1.165) is 46.9 Å². The molecule has 0 saturated carbocycles. The summed E-state index contributed by atoms with van der Waals surface area (Å²) in [6.07, 6.45) is 1.65. The first-order chi connectivity index (χ1) is 11.1. The van der Waals surface area contributed by atoms with Crippen molar-refractivity contribution in [1.82, 2.24) is 15.0 Å². The Morgan fingerprint density at radius 3 is 2.57 bits per heavy atom. The number of allylic oxidation sites excluding steroid dienone is 1. The second kappa shape index (κ2) is 7.78. The van der Waals surface area contributed by atoms with E-state index in [1.807, 2.05) is 29.8 Å². The number of hydrogen-bond acceptors (Lipinski definition) is 5. The zero-order valence-electron chi connectivity index (χ0n) is 14.0. The van der Waals surface area contributed by atoms with Gasteiger partial charge in [0.25, 0.3) is 0 Å². The van der Waals surface area contributed by atoms with Crippen molar-refractivity contribution in [3.05, 3.63) is 47.3 Å². The molecule has 1 aromatic carbocycles. The van der Waals surface area contributed by atoms with Crippen LogP contribution in [-0.4, -0.2) is 29.2 Å². The maximum absolute atomic E-state index is 5.77. The summed E-state index contributed by atoms with van der Waals surface area (Å²) < 4.78 is 12.5. The lowest BCUT2D eigenvalue weighted by Crippen LogP contribution is -2.10. The van der Waals surface area contributed by atoms with Crippen molar-refractivity contribution < 1.29 is 9.47 Å². The fraction of sp³-hybridized carbons (Fsp3) is 0.412. The van der Waals surface area contributed by atoms with Gasteiger partial charge in [-0.1, -0.05) is 23.4 Å². The number of nitrogens with two attached hydrogens (primary N) is 1. The molecule has 0 bridgehead atoms. The maximum atomic E-state index is 5.77. The fourth-order valence-corrected chi connectivity index (χ4v) is 2.48. The SMILES string of the molecule is C=C(C)Cn1nnc(CN)c1CCc1ccc(OC)c(OC)c1. The molecule has 2 aromatic rings. The first-order valence-electron chi connectivity index (χ1n) is 7.55. The second-order valence-corrected chi connectivity index (χ2v) is 5.49. The Bertz CT molecular complexity index is 679. The molecular formula is C17H24N4O2. The Morgan fingerprint density at radius 2 is 1.96 bits per heavy atom. The van der Waals surface area contributed by atoms with Crippen LogP contribution in [0.2, 0.25) is 0 Å². The third-order valence-electron chi connectivity index (χ3n) is 3.63. The third kappa shape index (κ3) is 4.10. The Balaban J connectivity index is 2.17. The van der Waals surface area contributed by atoms with Gasteiger partial charge in [0, 0.05) is 6.54 Å². The summed E-state index contributed by atoms with van der Waals surface area (Å²) in [7, 11) is 3.27. The van der Waals surface area contributed by atoms with Gasteiger partial charge in [-0.15, -0.1) is 5.10 Å². The lowest BCUT2D eigenvalue weighted by Gasteiger charge is -2.11. The highest BCUT2D eigenvalue weighted by atomic mass is 16.5. The highest BCUT2D eigenvalue weighted by Gasteiger charge is 2.12. The monoisotopic (exact) mass is 316 g/mol. The maximum Gasteiger partial charge on any atom is 0.160 e. The van der Waals surface area contributed by atoms with Crippen molar-refractivity contribution in [2.45, 2.75) is 32.9 Å². The summed E-state index contributed by atoms with van der Waals surface area (Å²) >= 11 is 0. The van der Waals surface area contributed by atoms with Crippen LogP contribution in [-0.2, 0) is 25.9 Å². The molecule has 0 radical (unpaired) electrons. The summed E-state index contributed by atoms with van der Waals surface area (Å²) in [6, 6.07) is 5.95. The number of methoxy groups -OCH3 is 2. The molecule has 0 unspecified atom stereocenters. The molecule has 6 heteroatoms. The van der Waals surface area contributed by atoms with Crippen LogP contribution < -0.4 is 15.2 Å². The minimum atomic E-state index is 0.386. The molecule has 124 valence electrons. The Labute approximate surface area is 136 Å². The number of nitrogens with zero attached hydrogens (tertiary/aromatic N) is 3. The molecule has 0 aliphatic rings. The van der Waals surface area contributed by atoms with E-state index < -0.39 is 0 Å². The van der Waals surface area contributed by atoms with Crippen LogP contribution in [0.15, 0.2) is 30.4 Å². The molecule has 0 saturated heterocycles. The second-order valence-electron chi connectivity index (χ2n) is 5.49. The zero-order chi connectivity index (χ0) is 16.8. The van der Waals surface area contributed by atoms with Crippen LogP contribution in [0.4, 0.5) is 0 Å². The Hall–Kier alpha value is -2.34. The molecule has 2 rings (SSSR count). The van der Waals surface area contributed by atoms with Crippen molar-refractivity contribution >= 4 is 0 Å². The molecule has 23 heavy (non-hydrogen) atoms. The van der Waals surface area contributed by atoms with Crippen molar-refractivity contribution in [1.29, 1.82) is 0 Å². The third-order valence-corrected chi connectivity index (χ3v) is 3.63. The summed E-state index contributed by atoms with van der Waals surface area (Å²) in [5.41, 5.74) is 9.87. The predicted octanol–water partition coefficient (Wildman–Crippen LogP) is 2.12. The van der Waals surface area contributed by atoms with E-state index in [9.17, 15) is 0 Å². The van der Waals surface area contributed by atoms with Gasteiger partial charge in [-0.05, 0) is 37.5 Å². The van der Waals surface area contributed by atoms with E-state index in [1.165, 1.54) is 0 Å². The van der Waals surface area contributed by atoms with Crippen molar-refractivity contribution in [2.75, 3.05) is 14.2 Å². The van der Waals surface area contributed by atoms with E-state index in [-0.39, 0.29) is 0 Å². The first-order valence-corrected chi connectivity index (χ1v) is 7.55. The first kappa shape index (κ1) is 17.0. The van der Waals surface area contributed by atoms with Gasteiger partial charge in [0.2, 0.25) is 0 Å². The van der Waals surface area contributed by atoms with Gasteiger partial charge >= 0.3 is 0 Å². The van der Waals surface area contributed by atoms with Crippen LogP contribution >= 0.6 is 0 Å². The highest BCUT2D eigenvalue weighted by Crippen LogP contribution is 2.28. The fourth-order valence-electron chi connectivity index (χ4n) is 2.48. The normalized spacial score (nSPS) is 10.6. The topological polar surface area (TPSA) is 75.2 Å². The van der Waals surface area contributed by atoms with E-state index in [2.05, 4.69) is 16.9 Å². The summed E-state index contributed by atoms with van der Waals surface area (Å²) in [5, 5.41) is 8.34. The molecule has 0 amide bonds. The van der Waals surface area contributed by atoms with Crippen LogP contribution in [0.5, 0.6) is 11.5 Å². The Kier molecular flexibility index (Phi) is 5.76. The molecule has 0 aliphatic carbocycles. The number of rotatable bonds is 8. The van der Waals surface area contributed by atoms with Crippen molar-refractivity contribution in [3.63, 3.8) is 0 Å². The molecule has 1 heterocycles. The molecule has 6 nitrogen and oxygen atoms in total. The van der Waals surface area contributed by atoms with Crippen LogP contribution in [0.25, 0.3) is 0 Å². The molecule has 1 aromatic heterocycles. The number of hydrogen-bond donors (Lipinski definition) is 1. The minimum Gasteiger partial charge on any atom is -0.493 e. The smallest absolute Gasteiger partial charge is 0.160 e. The van der Waals surface area contributed by atoms with Crippen molar-refractivity contribution in [3.8, 4) is 11.5 Å². The van der Waals surface area contributed by atoms with Gasteiger partial charge < -0.3 is 15.2 Å². The van der Waals surface area contributed by atoms with Crippen LogP contribution in [0, 0.1) is 0 Å². The van der Waals surface area contributed by atoms with Gasteiger partial charge in [-0.3, -0.25) is 0 Å². The minimum absolute atomic E-state index is 0.386. The predicted molar refractivity (Wildman–Crippen MR) is 89.7 cm³/mol. The molecule has 0 fully saturated rings. The van der Waals surface area contributed by atoms with Gasteiger partial charge in [-0.2, -0.15) is 0 Å². The standard InChI is InChI=1S/C17H24N4O2/c1-12(2)11-21-15(14(10-18)19-20-21)7-5-13-6-8-16(22-3)17(9-13)23-4/h6,8-9H,1,5,7,10-11,18H2,2-4H3. The molecular weight excluding hydrogens is 292 g/mol. The Morgan fingerprint density at radius 1 is 1.22 bits per heavy atom. The number of ether oxygens (including phenoxy) is 2. The van der Waals surface area contributed by atoms with E-state index in [1.54, 1.807) is 14.2 Å². The number of aromatic nitrogens is 3. The van der Waals surface area contributed by atoms with Gasteiger partial charge in [0.15, 0.2) is 11.5 Å². The molecule has 0 atom stereocenters. The average molecular weight is 316 g/mol. The van der Waals surface area contributed by atoms with E-state index in [4.69, 9.17) is 15.2 Å². The summed E-state index contributed by atoms with van der Waals surface area (Å²) in [6.45, 7) is 6.96. The van der Waals surface area contributed by atoms with Gasteiger partial charge in [0.05, 0.1) is 32.2 Å². The molecule has 2 N–H and O–H groups in total. The lowest BCUT2D eigenvalue weighted by molar-refractivity contribution is 0.354. The zero-order valence-corrected chi connectivity index (χ0v) is 14.0. The van der Waals surface area contributed by atoms with Gasteiger partial charge in [0.1, 0.15) is 0 Å². The van der Waals surface area contributed by atoms with Crippen LogP contribution in [0.1, 0.15) is 23.9 Å². The number of aryl methyl sites for hydroxylation is 1. The van der Waals surface area contributed by atoms with E-state index >= 15 is 0 Å². The molecule has 0 spiro atoms. The summed E-state index contributed by atoms with van der Waals surface area (Å²) in [4.78, 5) is 0. The lowest BCUT2D eigenvalue weighted by atomic mass is 10.1. The largest absolute Gasteiger partial charge is 0.493 e. The van der Waals surface area contributed by atoms with Crippen LogP contribution in [0.3, 0.4) is 0 Å². The molecule has 0 aliphatic heterocycles. The van der Waals surface area contributed by atoms with E-state index in [0.29, 0.717) is 13.1 Å². The number of benzene rings is 1. The highest BCUT2D eigenvalue weighted by molar-refractivity contribution is 5.43.